The first-order chi connectivity index (χ1) is 14.3. The van der Waals surface area contributed by atoms with Gasteiger partial charge in [-0.2, -0.15) is 5.11 Å². The summed E-state index contributed by atoms with van der Waals surface area (Å²) in [4.78, 5) is 0. The summed E-state index contributed by atoms with van der Waals surface area (Å²) < 4.78 is 7.59. The molecule has 0 aliphatic heterocycles. The van der Waals surface area contributed by atoms with Crippen LogP contribution in [0.4, 0.5) is 11.4 Å². The molecule has 0 bridgehead atoms. The zero-order valence-electron chi connectivity index (χ0n) is 15.9. The van der Waals surface area contributed by atoms with Gasteiger partial charge in [0.1, 0.15) is 12.4 Å². The zero-order chi connectivity index (χ0) is 20.1. The van der Waals surface area contributed by atoms with Crippen molar-refractivity contribution < 1.29 is 9.84 Å². The number of azo groups is 1. The molecule has 0 radical (unpaired) electrons. The van der Waals surface area contributed by atoms with Crippen LogP contribution < -0.4 is 4.74 Å². The quantitative estimate of drug-likeness (QED) is 0.297. The second-order valence-corrected chi connectivity index (χ2v) is 6.52. The van der Waals surface area contributed by atoms with E-state index < -0.39 is 0 Å². The normalized spacial score (nSPS) is 11.2. The predicted octanol–water partition coefficient (Wildman–Crippen LogP) is 6.38. The fraction of sp³-hybridized carbons (Fsp3) is 0.0833. The minimum absolute atomic E-state index is 0.0735. The number of hydrogen-bond acceptors (Lipinski definition) is 4. The minimum atomic E-state index is 0.0735. The summed E-state index contributed by atoms with van der Waals surface area (Å²) in [7, 11) is 0. The molecule has 0 unspecified atom stereocenters. The SMILES string of the molecule is C=CCOc1ccccc1Cn1c(O)c(N=Nc2ccccc2)c2ccccc21. The number of aromatic hydroxyl groups is 1. The number of hydrogen-bond donors (Lipinski definition) is 1. The van der Waals surface area contributed by atoms with Crippen molar-refractivity contribution in [2.45, 2.75) is 6.54 Å². The van der Waals surface area contributed by atoms with Crippen molar-refractivity contribution >= 4 is 22.3 Å². The summed E-state index contributed by atoms with van der Waals surface area (Å²) in [6.07, 6.45) is 1.71. The van der Waals surface area contributed by atoms with Crippen molar-refractivity contribution in [2.24, 2.45) is 10.2 Å². The van der Waals surface area contributed by atoms with Crippen molar-refractivity contribution in [1.82, 2.24) is 4.57 Å². The van der Waals surface area contributed by atoms with Crippen LogP contribution in [-0.4, -0.2) is 16.3 Å². The van der Waals surface area contributed by atoms with Crippen LogP contribution >= 0.6 is 0 Å². The molecule has 29 heavy (non-hydrogen) atoms. The zero-order valence-corrected chi connectivity index (χ0v) is 15.9. The molecule has 1 aromatic heterocycles. The van der Waals surface area contributed by atoms with Crippen LogP contribution in [0.15, 0.2) is 102 Å². The molecular formula is C24H21N3O2. The Morgan fingerprint density at radius 3 is 2.45 bits per heavy atom. The molecule has 0 fully saturated rings. The van der Waals surface area contributed by atoms with Crippen LogP contribution in [-0.2, 0) is 6.54 Å². The number of benzene rings is 3. The van der Waals surface area contributed by atoms with Gasteiger partial charge in [-0.25, -0.2) is 0 Å². The highest BCUT2D eigenvalue weighted by atomic mass is 16.5. The van der Waals surface area contributed by atoms with Crippen molar-refractivity contribution in [3.63, 3.8) is 0 Å². The lowest BCUT2D eigenvalue weighted by molar-refractivity contribution is 0.357. The molecule has 0 aliphatic carbocycles. The van der Waals surface area contributed by atoms with E-state index in [1.54, 1.807) is 6.08 Å². The van der Waals surface area contributed by atoms with E-state index in [1.165, 1.54) is 0 Å². The van der Waals surface area contributed by atoms with E-state index in [9.17, 15) is 5.11 Å². The molecular weight excluding hydrogens is 362 g/mol. The van der Waals surface area contributed by atoms with E-state index in [1.807, 2.05) is 83.4 Å². The van der Waals surface area contributed by atoms with Gasteiger partial charge < -0.3 is 14.4 Å². The first-order valence-electron chi connectivity index (χ1n) is 9.36. The Hall–Kier alpha value is -3.86. The third-order valence-electron chi connectivity index (χ3n) is 4.60. The number of rotatable bonds is 7. The highest BCUT2D eigenvalue weighted by molar-refractivity contribution is 5.95. The number of nitrogens with zero attached hydrogens (tertiary/aromatic N) is 3. The van der Waals surface area contributed by atoms with Crippen LogP contribution in [0.25, 0.3) is 10.9 Å². The lowest BCUT2D eigenvalue weighted by Gasteiger charge is -2.12. The van der Waals surface area contributed by atoms with Crippen LogP contribution in [0.2, 0.25) is 0 Å². The van der Waals surface area contributed by atoms with E-state index in [4.69, 9.17) is 4.74 Å². The molecule has 0 atom stereocenters. The van der Waals surface area contributed by atoms with Gasteiger partial charge in [-0.3, -0.25) is 0 Å². The average Bonchev–Trinajstić information content (AvgIpc) is 3.03. The summed E-state index contributed by atoms with van der Waals surface area (Å²) in [5.74, 6) is 0.835. The van der Waals surface area contributed by atoms with Crippen molar-refractivity contribution in [1.29, 1.82) is 0 Å². The smallest absolute Gasteiger partial charge is 0.221 e. The van der Waals surface area contributed by atoms with Gasteiger partial charge in [-0.15, -0.1) is 5.11 Å². The standard InChI is InChI=1S/C24H21N3O2/c1-2-16-29-22-15-9-6-10-18(22)17-27-21-14-8-7-13-20(21)23(24(27)28)26-25-19-11-4-3-5-12-19/h2-15,28H,1,16-17H2. The van der Waals surface area contributed by atoms with Gasteiger partial charge in [-0.05, 0) is 24.3 Å². The molecule has 4 rings (SSSR count). The third-order valence-corrected chi connectivity index (χ3v) is 4.60. The molecule has 3 aromatic carbocycles. The van der Waals surface area contributed by atoms with E-state index >= 15 is 0 Å². The highest BCUT2D eigenvalue weighted by Gasteiger charge is 2.17. The van der Waals surface area contributed by atoms with Crippen LogP contribution in [0.5, 0.6) is 11.6 Å². The fourth-order valence-electron chi connectivity index (χ4n) is 3.23. The third kappa shape index (κ3) is 3.89. The Morgan fingerprint density at radius 2 is 1.62 bits per heavy atom. The molecule has 0 amide bonds. The predicted molar refractivity (Wildman–Crippen MR) is 115 cm³/mol. The largest absolute Gasteiger partial charge is 0.493 e. The van der Waals surface area contributed by atoms with E-state index in [-0.39, 0.29) is 5.88 Å². The van der Waals surface area contributed by atoms with Crippen molar-refractivity contribution in [2.75, 3.05) is 6.61 Å². The molecule has 144 valence electrons. The first kappa shape index (κ1) is 18.5. The van der Waals surface area contributed by atoms with Gasteiger partial charge in [0.2, 0.25) is 5.88 Å². The monoisotopic (exact) mass is 383 g/mol. The molecule has 0 saturated carbocycles. The second-order valence-electron chi connectivity index (χ2n) is 6.52. The summed E-state index contributed by atoms with van der Waals surface area (Å²) >= 11 is 0. The maximum absolute atomic E-state index is 11.0. The Labute approximate surface area is 169 Å². The lowest BCUT2D eigenvalue weighted by Crippen LogP contribution is -2.03. The van der Waals surface area contributed by atoms with E-state index in [2.05, 4.69) is 16.8 Å². The lowest BCUT2D eigenvalue weighted by atomic mass is 10.2. The summed E-state index contributed by atoms with van der Waals surface area (Å²) in [6.45, 7) is 4.57. The number of fused-ring (bicyclic) bond motifs is 1. The van der Waals surface area contributed by atoms with Crippen molar-refractivity contribution in [3.8, 4) is 11.6 Å². The summed E-state index contributed by atoms with van der Waals surface area (Å²) in [5, 5.41) is 20.4. The summed E-state index contributed by atoms with van der Waals surface area (Å²) in [6, 6.07) is 25.0. The molecule has 0 saturated heterocycles. The van der Waals surface area contributed by atoms with Crippen LogP contribution in [0, 0.1) is 0 Å². The van der Waals surface area contributed by atoms with Crippen molar-refractivity contribution in [3.05, 3.63) is 97.1 Å². The molecule has 0 aliphatic rings. The fourth-order valence-corrected chi connectivity index (χ4v) is 3.23. The topological polar surface area (TPSA) is 59.1 Å². The van der Waals surface area contributed by atoms with Gasteiger partial charge in [0.05, 0.1) is 17.7 Å². The number of para-hydroxylation sites is 2. The van der Waals surface area contributed by atoms with Gasteiger partial charge >= 0.3 is 0 Å². The van der Waals surface area contributed by atoms with Gasteiger partial charge in [0.15, 0.2) is 5.69 Å². The molecule has 5 heteroatoms. The van der Waals surface area contributed by atoms with E-state index in [0.717, 1.165) is 27.9 Å². The maximum atomic E-state index is 11.0. The molecule has 1 N–H and O–H groups in total. The van der Waals surface area contributed by atoms with Gasteiger partial charge in [0.25, 0.3) is 0 Å². The second kappa shape index (κ2) is 8.44. The number of ether oxygens (including phenoxy) is 1. The van der Waals surface area contributed by atoms with E-state index in [0.29, 0.717) is 18.8 Å². The maximum Gasteiger partial charge on any atom is 0.221 e. The Kier molecular flexibility index (Phi) is 5.38. The average molecular weight is 383 g/mol. The van der Waals surface area contributed by atoms with Crippen LogP contribution in [0.1, 0.15) is 5.56 Å². The Balaban J connectivity index is 1.76. The molecule has 4 aromatic rings. The summed E-state index contributed by atoms with van der Waals surface area (Å²) in [5.41, 5.74) is 3.02. The highest BCUT2D eigenvalue weighted by Crippen LogP contribution is 2.40. The first-order valence-corrected chi connectivity index (χ1v) is 9.36. The molecule has 5 nitrogen and oxygen atoms in total. The molecule has 0 spiro atoms. The number of aromatic nitrogens is 1. The van der Waals surface area contributed by atoms with Crippen LogP contribution in [0.3, 0.4) is 0 Å². The Bertz CT molecular complexity index is 1160. The van der Waals surface area contributed by atoms with Gasteiger partial charge in [0, 0.05) is 10.9 Å². The minimum Gasteiger partial charge on any atom is -0.493 e. The Morgan fingerprint density at radius 1 is 0.897 bits per heavy atom. The van der Waals surface area contributed by atoms with Gasteiger partial charge in [-0.1, -0.05) is 67.3 Å². The molecule has 1 heterocycles.